The maximum absolute atomic E-state index is 12.8. The summed E-state index contributed by atoms with van der Waals surface area (Å²) in [4.78, 5) is 2.30. The van der Waals surface area contributed by atoms with E-state index >= 15 is 0 Å². The lowest BCUT2D eigenvalue weighted by atomic mass is 10.1. The van der Waals surface area contributed by atoms with Gasteiger partial charge >= 0.3 is 6.18 Å². The molecule has 0 radical (unpaired) electrons. The number of rotatable bonds is 4. The lowest BCUT2D eigenvalue weighted by Gasteiger charge is -2.26. The molecule has 0 unspecified atom stereocenters. The summed E-state index contributed by atoms with van der Waals surface area (Å²) in [7, 11) is 0. The topological polar surface area (TPSA) is 15.3 Å². The van der Waals surface area contributed by atoms with Gasteiger partial charge in [-0.15, -0.1) is 0 Å². The van der Waals surface area contributed by atoms with Gasteiger partial charge in [0.15, 0.2) is 0 Å². The van der Waals surface area contributed by atoms with Crippen molar-refractivity contribution in [3.05, 3.63) is 29.8 Å². The molecule has 0 saturated carbocycles. The second-order valence-corrected chi connectivity index (χ2v) is 4.87. The number of para-hydroxylation sites is 1. The number of anilines is 1. The first-order valence-corrected chi connectivity index (χ1v) is 6.70. The maximum Gasteiger partial charge on any atom is 0.418 e. The molecular weight excluding hydrogens is 253 g/mol. The first kappa shape index (κ1) is 14.2. The summed E-state index contributed by atoms with van der Waals surface area (Å²) in [5.41, 5.74) is -0.416. The number of alkyl halides is 3. The molecular formula is C14H19F3N2. The molecule has 0 atom stereocenters. The van der Waals surface area contributed by atoms with Crippen LogP contribution in [0.3, 0.4) is 0 Å². The number of hydrogen-bond acceptors (Lipinski definition) is 2. The molecule has 0 aliphatic carbocycles. The Bertz CT molecular complexity index is 398. The van der Waals surface area contributed by atoms with Crippen LogP contribution in [-0.2, 0) is 6.18 Å². The summed E-state index contributed by atoms with van der Waals surface area (Å²) < 4.78 is 38.3. The summed E-state index contributed by atoms with van der Waals surface area (Å²) >= 11 is 0. The summed E-state index contributed by atoms with van der Waals surface area (Å²) in [6.07, 6.45) is -0.645. The Hall–Kier alpha value is -1.23. The van der Waals surface area contributed by atoms with Crippen molar-refractivity contribution in [2.75, 3.05) is 31.5 Å². The number of likely N-dealkylation sites (tertiary alicyclic amines) is 1. The van der Waals surface area contributed by atoms with Crippen LogP contribution < -0.4 is 5.32 Å². The Labute approximate surface area is 111 Å². The second kappa shape index (κ2) is 6.28. The van der Waals surface area contributed by atoms with Gasteiger partial charge in [0.25, 0.3) is 0 Å². The lowest BCUT2D eigenvalue weighted by molar-refractivity contribution is -0.136. The zero-order chi connectivity index (χ0) is 13.7. The largest absolute Gasteiger partial charge is 0.418 e. The highest BCUT2D eigenvalue weighted by Gasteiger charge is 2.32. The zero-order valence-corrected chi connectivity index (χ0v) is 10.8. The molecule has 1 N–H and O–H groups in total. The highest BCUT2D eigenvalue weighted by Crippen LogP contribution is 2.34. The fraction of sp³-hybridized carbons (Fsp3) is 0.571. The van der Waals surface area contributed by atoms with E-state index in [9.17, 15) is 13.2 Å². The molecule has 1 saturated heterocycles. The average Bonchev–Trinajstić information content (AvgIpc) is 2.39. The van der Waals surface area contributed by atoms with Crippen LogP contribution in [-0.4, -0.2) is 31.1 Å². The van der Waals surface area contributed by atoms with Gasteiger partial charge in [0.1, 0.15) is 0 Å². The summed E-state index contributed by atoms with van der Waals surface area (Å²) in [5.74, 6) is 0. The Balaban J connectivity index is 1.88. The first-order chi connectivity index (χ1) is 9.07. The molecule has 2 nitrogen and oxygen atoms in total. The van der Waals surface area contributed by atoms with E-state index < -0.39 is 11.7 Å². The molecule has 0 aromatic heterocycles. The van der Waals surface area contributed by atoms with Gasteiger partial charge in [0.2, 0.25) is 0 Å². The molecule has 106 valence electrons. The number of hydrogen-bond donors (Lipinski definition) is 1. The third-order valence-electron chi connectivity index (χ3n) is 3.42. The van der Waals surface area contributed by atoms with Crippen molar-refractivity contribution in [2.45, 2.75) is 25.4 Å². The van der Waals surface area contributed by atoms with Gasteiger partial charge in [-0.25, -0.2) is 0 Å². The van der Waals surface area contributed by atoms with Gasteiger partial charge in [0, 0.05) is 18.8 Å². The average molecular weight is 272 g/mol. The van der Waals surface area contributed by atoms with E-state index in [-0.39, 0.29) is 5.69 Å². The van der Waals surface area contributed by atoms with Crippen molar-refractivity contribution in [1.29, 1.82) is 0 Å². The molecule has 1 aliphatic heterocycles. The predicted molar refractivity (Wildman–Crippen MR) is 70.2 cm³/mol. The lowest BCUT2D eigenvalue weighted by Crippen LogP contribution is -2.33. The van der Waals surface area contributed by atoms with Crippen LogP contribution in [0.4, 0.5) is 18.9 Å². The fourth-order valence-corrected chi connectivity index (χ4v) is 2.42. The molecule has 5 heteroatoms. The number of halogens is 3. The van der Waals surface area contributed by atoms with E-state index in [1.807, 2.05) is 0 Å². The molecule has 0 spiro atoms. The standard InChI is InChI=1S/C14H19F3N2/c15-14(16,17)12-6-2-3-7-13(12)18-8-11-19-9-4-1-5-10-19/h2-3,6-7,18H,1,4-5,8-11H2. The van der Waals surface area contributed by atoms with Crippen molar-refractivity contribution < 1.29 is 13.2 Å². The van der Waals surface area contributed by atoms with Crippen molar-refractivity contribution in [3.8, 4) is 0 Å². The van der Waals surface area contributed by atoms with Crippen molar-refractivity contribution >= 4 is 5.69 Å². The van der Waals surface area contributed by atoms with Crippen LogP contribution >= 0.6 is 0 Å². The van der Waals surface area contributed by atoms with E-state index in [1.165, 1.54) is 31.4 Å². The van der Waals surface area contributed by atoms with E-state index in [2.05, 4.69) is 10.2 Å². The van der Waals surface area contributed by atoms with Crippen LogP contribution in [0.15, 0.2) is 24.3 Å². The van der Waals surface area contributed by atoms with Gasteiger partial charge in [-0.1, -0.05) is 18.6 Å². The minimum absolute atomic E-state index is 0.173. The number of nitrogens with zero attached hydrogens (tertiary/aromatic N) is 1. The Morgan fingerprint density at radius 1 is 1.05 bits per heavy atom. The van der Waals surface area contributed by atoms with Crippen LogP contribution in [0, 0.1) is 0 Å². The quantitative estimate of drug-likeness (QED) is 0.901. The predicted octanol–water partition coefficient (Wildman–Crippen LogP) is 3.60. The summed E-state index contributed by atoms with van der Waals surface area (Å²) in [6.45, 7) is 3.46. The zero-order valence-electron chi connectivity index (χ0n) is 10.8. The van der Waals surface area contributed by atoms with Crippen LogP contribution in [0.2, 0.25) is 0 Å². The van der Waals surface area contributed by atoms with E-state index in [1.54, 1.807) is 6.07 Å². The Morgan fingerprint density at radius 2 is 1.74 bits per heavy atom. The third-order valence-corrected chi connectivity index (χ3v) is 3.42. The fourth-order valence-electron chi connectivity index (χ4n) is 2.42. The molecule has 19 heavy (non-hydrogen) atoms. The minimum atomic E-state index is -4.30. The molecule has 0 amide bonds. The molecule has 2 rings (SSSR count). The van der Waals surface area contributed by atoms with Crippen molar-refractivity contribution in [1.82, 2.24) is 4.90 Å². The summed E-state index contributed by atoms with van der Waals surface area (Å²) in [6, 6.07) is 5.64. The molecule has 1 aromatic rings. The van der Waals surface area contributed by atoms with Gasteiger partial charge in [-0.05, 0) is 38.1 Å². The van der Waals surface area contributed by atoms with Crippen LogP contribution in [0.1, 0.15) is 24.8 Å². The molecule has 0 bridgehead atoms. The molecule has 1 aliphatic rings. The minimum Gasteiger partial charge on any atom is -0.383 e. The Morgan fingerprint density at radius 3 is 2.42 bits per heavy atom. The number of piperidine rings is 1. The number of benzene rings is 1. The Kier molecular flexibility index (Phi) is 4.69. The van der Waals surface area contributed by atoms with Gasteiger partial charge in [0.05, 0.1) is 5.56 Å². The highest BCUT2D eigenvalue weighted by atomic mass is 19.4. The second-order valence-electron chi connectivity index (χ2n) is 4.87. The monoisotopic (exact) mass is 272 g/mol. The van der Waals surface area contributed by atoms with E-state index in [4.69, 9.17) is 0 Å². The SMILES string of the molecule is FC(F)(F)c1ccccc1NCCN1CCCCC1. The van der Waals surface area contributed by atoms with Gasteiger partial charge in [-0.3, -0.25) is 0 Å². The van der Waals surface area contributed by atoms with E-state index in [0.29, 0.717) is 6.54 Å². The third kappa shape index (κ3) is 4.13. The summed E-state index contributed by atoms with van der Waals surface area (Å²) in [5, 5.41) is 2.91. The van der Waals surface area contributed by atoms with Crippen LogP contribution in [0.5, 0.6) is 0 Å². The van der Waals surface area contributed by atoms with Crippen molar-refractivity contribution in [2.24, 2.45) is 0 Å². The van der Waals surface area contributed by atoms with E-state index in [0.717, 1.165) is 25.7 Å². The smallest absolute Gasteiger partial charge is 0.383 e. The molecule has 1 heterocycles. The first-order valence-electron chi connectivity index (χ1n) is 6.70. The number of nitrogens with one attached hydrogen (secondary N) is 1. The maximum atomic E-state index is 12.8. The molecule has 1 aromatic carbocycles. The normalized spacial score (nSPS) is 17.4. The highest BCUT2D eigenvalue weighted by molar-refractivity contribution is 5.52. The van der Waals surface area contributed by atoms with Crippen molar-refractivity contribution in [3.63, 3.8) is 0 Å². The molecule has 1 fully saturated rings. The van der Waals surface area contributed by atoms with Gasteiger partial charge in [-0.2, -0.15) is 13.2 Å². The van der Waals surface area contributed by atoms with Crippen LogP contribution in [0.25, 0.3) is 0 Å². The van der Waals surface area contributed by atoms with Gasteiger partial charge < -0.3 is 10.2 Å².